The van der Waals surface area contributed by atoms with E-state index in [0.717, 1.165) is 16.3 Å². The molecule has 4 rings (SSSR count). The number of nitrogens with one attached hydrogen (secondary N) is 1. The molecule has 3 aromatic carbocycles. The number of hydrazone groups is 1. The normalized spacial score (nSPS) is 11.1. The number of terminal acetylenes is 1. The van der Waals surface area contributed by atoms with Crippen LogP contribution in [0.5, 0.6) is 5.75 Å². The molecule has 6 heteroatoms. The van der Waals surface area contributed by atoms with E-state index in [4.69, 9.17) is 11.2 Å². The fourth-order valence-corrected chi connectivity index (χ4v) is 3.36. The molecule has 6 nitrogen and oxygen atoms in total. The summed E-state index contributed by atoms with van der Waals surface area (Å²) in [4.78, 5) is 17.3. The summed E-state index contributed by atoms with van der Waals surface area (Å²) in [7, 11) is 0. The third-order valence-corrected chi connectivity index (χ3v) is 4.78. The number of fused-ring (bicyclic) bond motifs is 2. The molecule has 0 saturated carbocycles. The fourth-order valence-electron chi connectivity index (χ4n) is 3.36. The van der Waals surface area contributed by atoms with Crippen LogP contribution in [0.25, 0.3) is 21.7 Å². The molecular weight excluding hydrogens is 376 g/mol. The van der Waals surface area contributed by atoms with Crippen molar-refractivity contribution in [2.24, 2.45) is 5.10 Å². The topological polar surface area (TPSA) is 68.5 Å². The molecule has 0 radical (unpaired) electrons. The van der Waals surface area contributed by atoms with Crippen LogP contribution < -0.4 is 15.7 Å². The largest absolute Gasteiger partial charge is 0.480 e. The van der Waals surface area contributed by atoms with Gasteiger partial charge in [-0.3, -0.25) is 9.36 Å². The molecular formula is C24H20N4O2. The first-order valence-electron chi connectivity index (χ1n) is 9.59. The molecule has 0 atom stereocenters. The van der Waals surface area contributed by atoms with Crippen LogP contribution in [0.4, 0.5) is 5.95 Å². The van der Waals surface area contributed by atoms with Gasteiger partial charge in [0.05, 0.1) is 17.1 Å². The Morgan fingerprint density at radius 2 is 1.90 bits per heavy atom. The number of rotatable bonds is 6. The van der Waals surface area contributed by atoms with Crippen molar-refractivity contribution in [2.75, 3.05) is 12.0 Å². The van der Waals surface area contributed by atoms with Crippen molar-refractivity contribution in [3.05, 3.63) is 76.6 Å². The second-order valence-electron chi connectivity index (χ2n) is 6.56. The Kier molecular flexibility index (Phi) is 5.44. The Labute approximate surface area is 173 Å². The van der Waals surface area contributed by atoms with Gasteiger partial charge in [-0.2, -0.15) is 5.10 Å². The van der Waals surface area contributed by atoms with Crippen molar-refractivity contribution in [1.29, 1.82) is 0 Å². The van der Waals surface area contributed by atoms with Crippen LogP contribution in [0.3, 0.4) is 0 Å². The highest BCUT2D eigenvalue weighted by molar-refractivity contribution is 6.02. The maximum absolute atomic E-state index is 12.8. The van der Waals surface area contributed by atoms with Gasteiger partial charge in [-0.1, -0.05) is 48.4 Å². The van der Waals surface area contributed by atoms with E-state index in [-0.39, 0.29) is 12.2 Å². The number of benzene rings is 3. The van der Waals surface area contributed by atoms with Crippen LogP contribution in [-0.4, -0.2) is 22.4 Å². The second-order valence-corrected chi connectivity index (χ2v) is 6.56. The molecule has 0 aliphatic rings. The monoisotopic (exact) mass is 396 g/mol. The van der Waals surface area contributed by atoms with Crippen molar-refractivity contribution in [3.63, 3.8) is 0 Å². The van der Waals surface area contributed by atoms with Gasteiger partial charge in [0.2, 0.25) is 5.95 Å². The maximum Gasteiger partial charge on any atom is 0.262 e. The second kappa shape index (κ2) is 8.50. The Morgan fingerprint density at radius 3 is 2.70 bits per heavy atom. The summed E-state index contributed by atoms with van der Waals surface area (Å²) in [6, 6.07) is 19.1. The molecule has 1 N–H and O–H groups in total. The average molecular weight is 396 g/mol. The summed E-state index contributed by atoms with van der Waals surface area (Å²) in [5.41, 5.74) is 4.22. The lowest BCUT2D eigenvalue weighted by Gasteiger charge is -2.12. The Balaban J connectivity index is 1.74. The summed E-state index contributed by atoms with van der Waals surface area (Å²) in [5, 5.41) is 6.98. The predicted molar refractivity (Wildman–Crippen MR) is 121 cm³/mol. The Hall–Kier alpha value is -4.11. The molecule has 30 heavy (non-hydrogen) atoms. The summed E-state index contributed by atoms with van der Waals surface area (Å²) in [5.74, 6) is 3.50. The molecule has 148 valence electrons. The highest BCUT2D eigenvalue weighted by atomic mass is 16.5. The molecule has 0 spiro atoms. The minimum Gasteiger partial charge on any atom is -0.480 e. The van der Waals surface area contributed by atoms with Gasteiger partial charge in [-0.15, -0.1) is 6.42 Å². The van der Waals surface area contributed by atoms with E-state index in [1.165, 1.54) is 0 Å². The van der Waals surface area contributed by atoms with E-state index in [9.17, 15) is 4.79 Å². The number of ether oxygens (including phenoxy) is 1. The number of nitrogens with zero attached hydrogens (tertiary/aromatic N) is 3. The minimum atomic E-state index is -0.107. The smallest absolute Gasteiger partial charge is 0.262 e. The molecule has 0 bridgehead atoms. The molecule has 1 heterocycles. The molecule has 0 aliphatic carbocycles. The zero-order valence-corrected chi connectivity index (χ0v) is 16.5. The van der Waals surface area contributed by atoms with E-state index in [2.05, 4.69) is 21.4 Å². The van der Waals surface area contributed by atoms with Gasteiger partial charge in [0.15, 0.2) is 0 Å². The summed E-state index contributed by atoms with van der Waals surface area (Å²) in [6.45, 7) is 2.52. The minimum absolute atomic E-state index is 0.107. The van der Waals surface area contributed by atoms with E-state index in [0.29, 0.717) is 29.1 Å². The Bertz CT molecular complexity index is 1350. The van der Waals surface area contributed by atoms with Crippen molar-refractivity contribution < 1.29 is 4.74 Å². The Morgan fingerprint density at radius 1 is 1.13 bits per heavy atom. The quantitative estimate of drug-likeness (QED) is 0.304. The lowest BCUT2D eigenvalue weighted by atomic mass is 10.0. The SMILES string of the molecule is C#CCOc1ccc2ccccc2c1/C=N\Nc1nc2ccccc2c(=O)n1CC. The van der Waals surface area contributed by atoms with Crippen molar-refractivity contribution in [3.8, 4) is 18.1 Å². The summed E-state index contributed by atoms with van der Waals surface area (Å²) < 4.78 is 7.25. The number of para-hydroxylation sites is 1. The molecule has 1 aromatic heterocycles. The molecule has 0 unspecified atom stereocenters. The third kappa shape index (κ3) is 3.61. The average Bonchev–Trinajstić information content (AvgIpc) is 2.78. The van der Waals surface area contributed by atoms with Crippen LogP contribution in [0.1, 0.15) is 12.5 Å². The van der Waals surface area contributed by atoms with Crippen molar-refractivity contribution in [2.45, 2.75) is 13.5 Å². The summed E-state index contributed by atoms with van der Waals surface area (Å²) >= 11 is 0. The maximum atomic E-state index is 12.8. The lowest BCUT2D eigenvalue weighted by molar-refractivity contribution is 0.370. The van der Waals surface area contributed by atoms with E-state index >= 15 is 0 Å². The van der Waals surface area contributed by atoms with Crippen LogP contribution in [-0.2, 0) is 6.54 Å². The first-order chi connectivity index (χ1) is 14.7. The molecule has 0 amide bonds. The van der Waals surface area contributed by atoms with E-state index in [1.54, 1.807) is 16.8 Å². The van der Waals surface area contributed by atoms with Gasteiger partial charge in [0.25, 0.3) is 5.56 Å². The van der Waals surface area contributed by atoms with Gasteiger partial charge in [0, 0.05) is 12.1 Å². The summed E-state index contributed by atoms with van der Waals surface area (Å²) in [6.07, 6.45) is 7.01. The van der Waals surface area contributed by atoms with E-state index in [1.807, 2.05) is 61.5 Å². The van der Waals surface area contributed by atoms with Crippen LogP contribution in [0.15, 0.2) is 70.6 Å². The van der Waals surface area contributed by atoms with E-state index < -0.39 is 0 Å². The third-order valence-electron chi connectivity index (χ3n) is 4.78. The van der Waals surface area contributed by atoms with Crippen LogP contribution in [0, 0.1) is 12.3 Å². The standard InChI is InChI=1S/C24H20N4O2/c1-3-15-30-22-14-13-17-9-5-6-10-18(17)20(22)16-25-27-24-26-21-12-8-7-11-19(21)23(29)28(24)4-2/h1,5-14,16H,4,15H2,2H3,(H,26,27)/b25-16-. The van der Waals surface area contributed by atoms with Crippen molar-refractivity contribution in [1.82, 2.24) is 9.55 Å². The zero-order chi connectivity index (χ0) is 20.9. The van der Waals surface area contributed by atoms with Gasteiger partial charge < -0.3 is 4.74 Å². The molecule has 4 aromatic rings. The van der Waals surface area contributed by atoms with Gasteiger partial charge >= 0.3 is 0 Å². The number of aromatic nitrogens is 2. The first-order valence-corrected chi connectivity index (χ1v) is 9.59. The highest BCUT2D eigenvalue weighted by Crippen LogP contribution is 2.26. The van der Waals surface area contributed by atoms with Crippen LogP contribution in [0.2, 0.25) is 0 Å². The van der Waals surface area contributed by atoms with Gasteiger partial charge in [0.1, 0.15) is 12.4 Å². The number of hydrogen-bond donors (Lipinski definition) is 1. The molecule has 0 aliphatic heterocycles. The van der Waals surface area contributed by atoms with Crippen molar-refractivity contribution >= 4 is 33.8 Å². The molecule has 0 fully saturated rings. The molecule has 0 saturated heterocycles. The highest BCUT2D eigenvalue weighted by Gasteiger charge is 2.10. The van der Waals surface area contributed by atoms with Gasteiger partial charge in [-0.25, -0.2) is 10.4 Å². The number of anilines is 1. The number of hydrogen-bond acceptors (Lipinski definition) is 5. The fraction of sp³-hybridized carbons (Fsp3) is 0.125. The first kappa shape index (κ1) is 19.2. The zero-order valence-electron chi connectivity index (χ0n) is 16.5. The van der Waals surface area contributed by atoms with Gasteiger partial charge in [-0.05, 0) is 35.9 Å². The predicted octanol–water partition coefficient (Wildman–Crippen LogP) is 4.03. The van der Waals surface area contributed by atoms with Crippen LogP contribution >= 0.6 is 0 Å². The lowest BCUT2D eigenvalue weighted by Crippen LogP contribution is -2.23.